The summed E-state index contributed by atoms with van der Waals surface area (Å²) in [6.45, 7) is 3.96. The van der Waals surface area contributed by atoms with Gasteiger partial charge < -0.3 is 10.4 Å². The number of aliphatic imine (C=N–C) groups is 1. The Morgan fingerprint density at radius 3 is 2.34 bits per heavy atom. The number of ketones is 1. The molecule has 1 fully saturated rings. The van der Waals surface area contributed by atoms with Crippen molar-refractivity contribution in [1.82, 2.24) is 4.98 Å². The molecule has 1 atom stereocenters. The van der Waals surface area contributed by atoms with Crippen LogP contribution in [0.25, 0.3) is 0 Å². The van der Waals surface area contributed by atoms with Crippen LogP contribution in [0, 0.1) is 5.41 Å². The van der Waals surface area contributed by atoms with Crippen molar-refractivity contribution in [3.8, 4) is 0 Å². The molecule has 3 rings (SSSR count). The predicted octanol–water partition coefficient (Wildman–Crippen LogP) is 4.86. The first kappa shape index (κ1) is 23.9. The smallest absolute Gasteiger partial charge is 0.328 e. The van der Waals surface area contributed by atoms with E-state index in [0.29, 0.717) is 24.2 Å². The first-order valence-corrected chi connectivity index (χ1v) is 10.8. The Balaban J connectivity index is 1.71. The molecule has 32 heavy (non-hydrogen) atoms. The lowest BCUT2D eigenvalue weighted by atomic mass is 9.76. The van der Waals surface area contributed by atoms with E-state index in [0.717, 1.165) is 5.56 Å². The second-order valence-corrected chi connectivity index (χ2v) is 9.43. The van der Waals surface area contributed by atoms with Crippen molar-refractivity contribution in [1.29, 1.82) is 0 Å². The van der Waals surface area contributed by atoms with Gasteiger partial charge >= 0.3 is 5.97 Å². The zero-order valence-electron chi connectivity index (χ0n) is 17.7. The second kappa shape index (κ2) is 9.79. The standard InChI is InChI=1S/C23H23Cl2N3O4/c1-23(2)9-15(8-16(29)10-23)27-19(22(31)32)7-13-3-5-14(6-4-13)28-21(30)20-17(24)11-26-12-18(20)25/h3-6,11-12,19H,7-10H2,1-2H3,(H,28,30)(H,31,32)/t19-/m0/s1. The highest BCUT2D eigenvalue weighted by atomic mass is 35.5. The molecular weight excluding hydrogens is 453 g/mol. The molecular formula is C23H23Cl2N3O4. The molecule has 7 nitrogen and oxygen atoms in total. The van der Waals surface area contributed by atoms with E-state index in [9.17, 15) is 19.5 Å². The number of carboxylic acids is 1. The molecule has 1 saturated carbocycles. The molecule has 1 aliphatic rings. The molecule has 2 aromatic rings. The molecule has 168 valence electrons. The quantitative estimate of drug-likeness (QED) is 0.619. The number of hydrogen-bond donors (Lipinski definition) is 2. The minimum Gasteiger partial charge on any atom is -0.480 e. The highest BCUT2D eigenvalue weighted by Gasteiger charge is 2.31. The van der Waals surface area contributed by atoms with Crippen LogP contribution < -0.4 is 5.32 Å². The summed E-state index contributed by atoms with van der Waals surface area (Å²) in [6, 6.07) is 5.78. The van der Waals surface area contributed by atoms with Gasteiger partial charge in [-0.2, -0.15) is 0 Å². The van der Waals surface area contributed by atoms with Crippen LogP contribution >= 0.6 is 23.2 Å². The molecule has 0 saturated heterocycles. The Morgan fingerprint density at radius 2 is 1.78 bits per heavy atom. The Kier molecular flexibility index (Phi) is 7.31. The van der Waals surface area contributed by atoms with E-state index >= 15 is 0 Å². The van der Waals surface area contributed by atoms with Crippen molar-refractivity contribution < 1.29 is 19.5 Å². The Morgan fingerprint density at radius 1 is 1.16 bits per heavy atom. The van der Waals surface area contributed by atoms with Gasteiger partial charge in [0, 0.05) is 43.1 Å². The normalized spacial score (nSPS) is 17.8. The molecule has 1 aliphatic carbocycles. The van der Waals surface area contributed by atoms with Gasteiger partial charge in [0.2, 0.25) is 0 Å². The number of nitrogens with one attached hydrogen (secondary N) is 1. The fraction of sp³-hybridized carbons (Fsp3) is 0.348. The molecule has 9 heteroatoms. The van der Waals surface area contributed by atoms with E-state index in [-0.39, 0.29) is 39.6 Å². The molecule has 1 aromatic carbocycles. The summed E-state index contributed by atoms with van der Waals surface area (Å²) >= 11 is 12.0. The number of halogens is 2. The summed E-state index contributed by atoms with van der Waals surface area (Å²) in [4.78, 5) is 44.5. The number of pyridine rings is 1. The number of carboxylic acid groups (broad SMARTS) is 1. The maximum Gasteiger partial charge on any atom is 0.328 e. The van der Waals surface area contributed by atoms with Crippen molar-refractivity contribution in [2.75, 3.05) is 5.32 Å². The topological polar surface area (TPSA) is 109 Å². The van der Waals surface area contributed by atoms with Crippen LogP contribution in [0.3, 0.4) is 0 Å². The van der Waals surface area contributed by atoms with E-state index in [1.54, 1.807) is 24.3 Å². The first-order valence-electron chi connectivity index (χ1n) is 10.0. The SMILES string of the molecule is CC1(C)CC(=O)CC(=N[C@@H](Cc2ccc(NC(=O)c3c(Cl)cncc3Cl)cc2)C(=O)O)C1. The number of amides is 1. The lowest BCUT2D eigenvalue weighted by Gasteiger charge is -2.29. The molecule has 0 aliphatic heterocycles. The first-order chi connectivity index (χ1) is 15.0. The minimum atomic E-state index is -1.05. The number of nitrogens with zero attached hydrogens (tertiary/aromatic N) is 2. The highest BCUT2D eigenvalue weighted by Crippen LogP contribution is 2.32. The summed E-state index contributed by atoms with van der Waals surface area (Å²) in [5.74, 6) is -1.44. The monoisotopic (exact) mass is 475 g/mol. The zero-order chi connectivity index (χ0) is 23.5. The van der Waals surface area contributed by atoms with Crippen LogP contribution in [0.4, 0.5) is 5.69 Å². The molecule has 0 spiro atoms. The molecule has 1 aromatic heterocycles. The van der Waals surface area contributed by atoms with Crippen LogP contribution in [-0.4, -0.2) is 39.5 Å². The van der Waals surface area contributed by atoms with Gasteiger partial charge in [-0.15, -0.1) is 0 Å². The van der Waals surface area contributed by atoms with Crippen LogP contribution in [-0.2, 0) is 16.0 Å². The van der Waals surface area contributed by atoms with Gasteiger partial charge in [-0.05, 0) is 29.5 Å². The van der Waals surface area contributed by atoms with Gasteiger partial charge in [0.1, 0.15) is 5.78 Å². The maximum atomic E-state index is 12.5. The largest absolute Gasteiger partial charge is 0.480 e. The maximum absolute atomic E-state index is 12.5. The lowest BCUT2D eigenvalue weighted by Crippen LogP contribution is -2.31. The highest BCUT2D eigenvalue weighted by molar-refractivity contribution is 6.40. The number of benzene rings is 1. The lowest BCUT2D eigenvalue weighted by molar-refractivity contribution is -0.138. The van der Waals surface area contributed by atoms with Crippen molar-refractivity contribution in [3.63, 3.8) is 0 Å². The van der Waals surface area contributed by atoms with Crippen LogP contribution in [0.5, 0.6) is 0 Å². The summed E-state index contributed by atoms with van der Waals surface area (Å²) in [6.07, 6.45) is 4.13. The number of aliphatic carboxylic acids is 1. The third kappa shape index (κ3) is 6.14. The summed E-state index contributed by atoms with van der Waals surface area (Å²) in [5, 5.41) is 12.6. The van der Waals surface area contributed by atoms with Gasteiger partial charge in [0.15, 0.2) is 6.04 Å². The number of rotatable bonds is 6. The van der Waals surface area contributed by atoms with E-state index < -0.39 is 17.9 Å². The predicted molar refractivity (Wildman–Crippen MR) is 124 cm³/mol. The van der Waals surface area contributed by atoms with Crippen molar-refractivity contribution >= 4 is 52.3 Å². The Bertz CT molecular complexity index is 1060. The molecule has 2 N–H and O–H groups in total. The summed E-state index contributed by atoms with van der Waals surface area (Å²) < 4.78 is 0. The molecule has 1 amide bonds. The van der Waals surface area contributed by atoms with Gasteiger partial charge in [0.05, 0.1) is 15.6 Å². The average Bonchev–Trinajstić information content (AvgIpc) is 2.67. The number of anilines is 1. The molecule has 0 radical (unpaired) electrons. The number of carbonyl (C=O) groups excluding carboxylic acids is 2. The van der Waals surface area contributed by atoms with Gasteiger partial charge in [0.25, 0.3) is 5.91 Å². The van der Waals surface area contributed by atoms with Crippen molar-refractivity contribution in [2.24, 2.45) is 10.4 Å². The van der Waals surface area contributed by atoms with Gasteiger partial charge in [-0.1, -0.05) is 49.2 Å². The number of aromatic nitrogens is 1. The zero-order valence-corrected chi connectivity index (χ0v) is 19.2. The van der Waals surface area contributed by atoms with Gasteiger partial charge in [-0.3, -0.25) is 19.6 Å². The van der Waals surface area contributed by atoms with Crippen LogP contribution in [0.1, 0.15) is 49.0 Å². The van der Waals surface area contributed by atoms with Gasteiger partial charge in [-0.25, -0.2) is 4.79 Å². The molecule has 1 heterocycles. The summed E-state index contributed by atoms with van der Waals surface area (Å²) in [7, 11) is 0. The Hall–Kier alpha value is -2.77. The number of Topliss-reactive ketones (excluding diaryl/α,β-unsaturated/α-hetero) is 1. The number of carbonyl (C=O) groups is 3. The van der Waals surface area contributed by atoms with Crippen molar-refractivity contribution in [3.05, 3.63) is 57.8 Å². The van der Waals surface area contributed by atoms with Crippen LogP contribution in [0.15, 0.2) is 41.7 Å². The molecule has 0 unspecified atom stereocenters. The van der Waals surface area contributed by atoms with E-state index in [2.05, 4.69) is 15.3 Å². The third-order valence-corrected chi connectivity index (χ3v) is 5.68. The fourth-order valence-electron chi connectivity index (χ4n) is 3.77. The number of hydrogen-bond acceptors (Lipinski definition) is 5. The van der Waals surface area contributed by atoms with Crippen LogP contribution in [0.2, 0.25) is 10.0 Å². The fourth-order valence-corrected chi connectivity index (χ4v) is 4.31. The third-order valence-electron chi connectivity index (χ3n) is 5.10. The van der Waals surface area contributed by atoms with Crippen molar-refractivity contribution in [2.45, 2.75) is 45.6 Å². The van der Waals surface area contributed by atoms with E-state index in [4.69, 9.17) is 23.2 Å². The minimum absolute atomic E-state index is 0.0821. The second-order valence-electron chi connectivity index (χ2n) is 8.62. The Labute approximate surface area is 195 Å². The van der Waals surface area contributed by atoms with E-state index in [1.807, 2.05) is 13.8 Å². The molecule has 0 bridgehead atoms. The summed E-state index contributed by atoms with van der Waals surface area (Å²) in [5.41, 5.74) is 1.78. The van der Waals surface area contributed by atoms with E-state index in [1.165, 1.54) is 12.4 Å². The average molecular weight is 476 g/mol.